The number of unbranched alkanes of at least 4 members (excludes halogenated alkanes) is 1. The second-order valence-electron chi connectivity index (χ2n) is 8.76. The van der Waals surface area contributed by atoms with Gasteiger partial charge in [0.05, 0.1) is 6.04 Å². The average Bonchev–Trinajstić information content (AvgIpc) is 2.89. The van der Waals surface area contributed by atoms with Crippen LogP contribution in [0.15, 0.2) is 29.1 Å². The zero-order valence-corrected chi connectivity index (χ0v) is 21.0. The number of carbonyl (C=O) groups is 4. The van der Waals surface area contributed by atoms with Gasteiger partial charge in [-0.2, -0.15) is 4.98 Å². The summed E-state index contributed by atoms with van der Waals surface area (Å²) in [5, 5.41) is 20.5. The molecule has 8 N–H and O–H groups in total. The SMILES string of the molecule is CCCCNC(=O)[C@H](CCC(=O)O)NC(=O)c1ccc(NCC2CNc3nc(N)[nH]c(=O)c3N2C=O)cc1. The second-order valence-corrected chi connectivity index (χ2v) is 8.76. The Balaban J connectivity index is 1.61. The molecule has 1 aliphatic heterocycles. The number of anilines is 4. The van der Waals surface area contributed by atoms with Crippen molar-refractivity contribution < 1.29 is 24.3 Å². The zero-order valence-electron chi connectivity index (χ0n) is 21.0. The van der Waals surface area contributed by atoms with Gasteiger partial charge >= 0.3 is 5.97 Å². The van der Waals surface area contributed by atoms with E-state index < -0.39 is 35.4 Å². The first-order valence-corrected chi connectivity index (χ1v) is 12.2. The monoisotopic (exact) mass is 528 g/mol. The van der Waals surface area contributed by atoms with Crippen molar-refractivity contribution >= 4 is 47.3 Å². The molecule has 14 nitrogen and oxygen atoms in total. The van der Waals surface area contributed by atoms with Gasteiger partial charge in [0, 0.05) is 37.3 Å². The quantitative estimate of drug-likeness (QED) is 0.138. The largest absolute Gasteiger partial charge is 0.481 e. The smallest absolute Gasteiger partial charge is 0.303 e. The molecule has 0 aliphatic carbocycles. The Morgan fingerprint density at radius 2 is 2.03 bits per heavy atom. The van der Waals surface area contributed by atoms with Gasteiger partial charge in [0.25, 0.3) is 11.5 Å². The van der Waals surface area contributed by atoms with Gasteiger partial charge in [-0.05, 0) is 37.1 Å². The van der Waals surface area contributed by atoms with Gasteiger partial charge in [-0.25, -0.2) is 0 Å². The summed E-state index contributed by atoms with van der Waals surface area (Å²) in [7, 11) is 0. The fraction of sp³-hybridized carbons (Fsp3) is 0.417. The number of carboxylic acid groups (broad SMARTS) is 1. The van der Waals surface area contributed by atoms with Gasteiger partial charge in [-0.1, -0.05) is 13.3 Å². The summed E-state index contributed by atoms with van der Waals surface area (Å²) in [4.78, 5) is 67.9. The summed E-state index contributed by atoms with van der Waals surface area (Å²) in [5.41, 5.74) is 6.05. The number of carboxylic acids is 1. The lowest BCUT2D eigenvalue weighted by molar-refractivity contribution is -0.137. The lowest BCUT2D eigenvalue weighted by atomic mass is 10.1. The van der Waals surface area contributed by atoms with Crippen molar-refractivity contribution in [2.24, 2.45) is 0 Å². The number of fused-ring (bicyclic) bond motifs is 1. The van der Waals surface area contributed by atoms with E-state index in [2.05, 4.69) is 31.2 Å². The molecule has 0 radical (unpaired) electrons. The number of nitrogens with one attached hydrogen (secondary N) is 5. The van der Waals surface area contributed by atoms with Crippen LogP contribution >= 0.6 is 0 Å². The van der Waals surface area contributed by atoms with Crippen molar-refractivity contribution in [2.75, 3.05) is 40.9 Å². The molecule has 1 aromatic heterocycles. The molecule has 204 valence electrons. The minimum atomic E-state index is -1.06. The molecule has 0 fully saturated rings. The van der Waals surface area contributed by atoms with E-state index in [0.717, 1.165) is 12.8 Å². The molecule has 14 heteroatoms. The fourth-order valence-corrected chi connectivity index (χ4v) is 3.92. The van der Waals surface area contributed by atoms with E-state index in [-0.39, 0.29) is 42.4 Å². The van der Waals surface area contributed by atoms with Crippen LogP contribution in [0.1, 0.15) is 43.0 Å². The molecule has 3 amide bonds. The third kappa shape index (κ3) is 7.21. The van der Waals surface area contributed by atoms with Gasteiger partial charge in [-0.15, -0.1) is 0 Å². The molecule has 0 saturated carbocycles. The van der Waals surface area contributed by atoms with Crippen molar-refractivity contribution in [3.05, 3.63) is 40.2 Å². The first kappa shape index (κ1) is 28.0. The van der Waals surface area contributed by atoms with Gasteiger partial charge < -0.3 is 37.0 Å². The number of amides is 3. The predicted molar refractivity (Wildman–Crippen MR) is 141 cm³/mol. The van der Waals surface area contributed by atoms with Crippen LogP contribution in [0.5, 0.6) is 0 Å². The molecule has 2 atom stereocenters. The maximum absolute atomic E-state index is 12.7. The first-order valence-electron chi connectivity index (χ1n) is 12.2. The summed E-state index contributed by atoms with van der Waals surface area (Å²) in [6.45, 7) is 3.04. The van der Waals surface area contributed by atoms with E-state index in [1.807, 2.05) is 6.92 Å². The van der Waals surface area contributed by atoms with Crippen molar-refractivity contribution in [2.45, 2.75) is 44.7 Å². The number of H-pyrrole nitrogens is 1. The molecule has 2 aromatic rings. The second kappa shape index (κ2) is 13.1. The van der Waals surface area contributed by atoms with Crippen LogP contribution in [0.25, 0.3) is 0 Å². The number of aliphatic carboxylic acids is 1. The van der Waals surface area contributed by atoms with Crippen LogP contribution in [0.2, 0.25) is 0 Å². The average molecular weight is 529 g/mol. The van der Waals surface area contributed by atoms with Gasteiger partial charge in [0.1, 0.15) is 6.04 Å². The van der Waals surface area contributed by atoms with Gasteiger partial charge in [0.15, 0.2) is 11.5 Å². The topological polar surface area (TPSA) is 212 Å². The molecular weight excluding hydrogens is 496 g/mol. The minimum absolute atomic E-state index is 0.0323. The Bertz CT molecular complexity index is 1220. The number of carbonyl (C=O) groups excluding carboxylic acids is 3. The molecule has 1 aliphatic rings. The highest BCUT2D eigenvalue weighted by Gasteiger charge is 2.30. The van der Waals surface area contributed by atoms with Crippen LogP contribution in [0, 0.1) is 0 Å². The molecule has 0 bridgehead atoms. The minimum Gasteiger partial charge on any atom is -0.481 e. The Labute approximate surface area is 218 Å². The van der Waals surface area contributed by atoms with Crippen LogP contribution in [-0.4, -0.2) is 71.0 Å². The summed E-state index contributed by atoms with van der Waals surface area (Å²) >= 11 is 0. The van der Waals surface area contributed by atoms with Crippen LogP contribution in [0.3, 0.4) is 0 Å². The van der Waals surface area contributed by atoms with E-state index in [4.69, 9.17) is 10.8 Å². The number of nitrogens with zero attached hydrogens (tertiary/aromatic N) is 2. The molecule has 38 heavy (non-hydrogen) atoms. The Morgan fingerprint density at radius 3 is 2.68 bits per heavy atom. The molecule has 1 aromatic carbocycles. The number of nitrogens with two attached hydrogens (primary N) is 1. The lowest BCUT2D eigenvalue weighted by Gasteiger charge is -2.34. The van der Waals surface area contributed by atoms with E-state index >= 15 is 0 Å². The van der Waals surface area contributed by atoms with E-state index in [1.165, 1.54) is 4.90 Å². The van der Waals surface area contributed by atoms with Crippen LogP contribution in [0.4, 0.5) is 23.1 Å². The summed E-state index contributed by atoms with van der Waals surface area (Å²) in [6, 6.07) is 5.06. The summed E-state index contributed by atoms with van der Waals surface area (Å²) < 4.78 is 0. The highest BCUT2D eigenvalue weighted by molar-refractivity contribution is 5.98. The molecule has 1 unspecified atom stereocenters. The van der Waals surface area contributed by atoms with E-state index in [0.29, 0.717) is 25.2 Å². The van der Waals surface area contributed by atoms with E-state index in [9.17, 15) is 24.0 Å². The van der Waals surface area contributed by atoms with E-state index in [1.54, 1.807) is 24.3 Å². The number of hydrogen-bond acceptors (Lipinski definition) is 9. The highest BCUT2D eigenvalue weighted by atomic mass is 16.4. The lowest BCUT2D eigenvalue weighted by Crippen LogP contribution is -2.50. The standard InChI is InChI=1S/C24H32N8O6/c1-2-3-10-26-22(37)17(8-9-18(34)35)29-21(36)14-4-6-15(7-5-14)27-11-16-12-28-20-19(32(16)13-33)23(38)31-24(25)30-20/h4-7,13,16-17,27H,2-3,8-12H2,1H3,(H,26,37)(H,29,36)(H,34,35)(H4,25,28,30,31,38)/t16?,17-/m0/s1. The van der Waals surface area contributed by atoms with Crippen molar-refractivity contribution in [1.29, 1.82) is 0 Å². The van der Waals surface area contributed by atoms with Crippen molar-refractivity contribution in [3.63, 3.8) is 0 Å². The predicted octanol–water partition coefficient (Wildman–Crippen LogP) is 0.101. The molecule has 0 spiro atoms. The van der Waals surface area contributed by atoms with Crippen LogP contribution in [-0.2, 0) is 14.4 Å². The Hall–Kier alpha value is -4.62. The summed E-state index contributed by atoms with van der Waals surface area (Å²) in [5.74, 6) is -1.83. The van der Waals surface area contributed by atoms with Crippen molar-refractivity contribution in [3.8, 4) is 0 Å². The Kier molecular flexibility index (Phi) is 9.62. The number of aromatic amines is 1. The van der Waals surface area contributed by atoms with Gasteiger partial charge in [0.2, 0.25) is 18.3 Å². The number of rotatable bonds is 13. The fourth-order valence-electron chi connectivity index (χ4n) is 3.92. The van der Waals surface area contributed by atoms with Crippen molar-refractivity contribution in [1.82, 2.24) is 20.6 Å². The highest BCUT2D eigenvalue weighted by Crippen LogP contribution is 2.25. The number of benzene rings is 1. The number of hydrogen-bond donors (Lipinski definition) is 7. The molecular formula is C24H32N8O6. The maximum Gasteiger partial charge on any atom is 0.303 e. The molecule has 0 saturated heterocycles. The number of aromatic nitrogens is 2. The first-order chi connectivity index (χ1) is 18.2. The summed E-state index contributed by atoms with van der Waals surface area (Å²) in [6.07, 6.45) is 1.93. The molecule has 3 rings (SSSR count). The Morgan fingerprint density at radius 1 is 1.29 bits per heavy atom. The normalized spacial score (nSPS) is 15.0. The van der Waals surface area contributed by atoms with Crippen LogP contribution < -0.4 is 37.5 Å². The third-order valence-corrected chi connectivity index (χ3v) is 5.97. The molecule has 2 heterocycles. The van der Waals surface area contributed by atoms with Gasteiger partial charge in [-0.3, -0.25) is 29.0 Å². The number of nitrogen functional groups attached to an aromatic ring is 1. The zero-order chi connectivity index (χ0) is 27.7. The maximum atomic E-state index is 12.7. The third-order valence-electron chi connectivity index (χ3n) is 5.97.